The van der Waals surface area contributed by atoms with E-state index in [-0.39, 0.29) is 10.8 Å². The average Bonchev–Trinajstić information content (AvgIpc) is 2.51. The molecular formula is C24H44O4. The van der Waals surface area contributed by atoms with E-state index in [1.54, 1.807) is 6.92 Å². The van der Waals surface area contributed by atoms with Crippen LogP contribution in [0.15, 0.2) is 23.8 Å². The van der Waals surface area contributed by atoms with Gasteiger partial charge in [-0.2, -0.15) is 0 Å². The second-order valence-corrected chi connectivity index (χ2v) is 9.64. The lowest BCUT2D eigenvalue weighted by Gasteiger charge is -2.30. The van der Waals surface area contributed by atoms with Crippen LogP contribution in [0, 0.1) is 10.8 Å². The molecule has 0 aromatic heterocycles. The Morgan fingerprint density at radius 3 is 1.71 bits per heavy atom. The van der Waals surface area contributed by atoms with Gasteiger partial charge in [-0.15, -0.1) is 0 Å². The zero-order chi connectivity index (χ0) is 22.4. The lowest BCUT2D eigenvalue weighted by atomic mass is 9.75. The van der Waals surface area contributed by atoms with E-state index >= 15 is 0 Å². The number of unbranched alkanes of at least 4 members (excludes halogenated alkanes) is 6. The molecule has 0 saturated heterocycles. The van der Waals surface area contributed by atoms with E-state index < -0.39 is 11.9 Å². The molecule has 0 heterocycles. The molecular weight excluding hydrogens is 352 g/mol. The minimum absolute atomic E-state index is 0.0548. The summed E-state index contributed by atoms with van der Waals surface area (Å²) in [7, 11) is 0. The first-order valence-corrected chi connectivity index (χ1v) is 10.6. The molecule has 0 amide bonds. The summed E-state index contributed by atoms with van der Waals surface area (Å²) in [6.07, 6.45) is 12.0. The van der Waals surface area contributed by atoms with Crippen LogP contribution in [0.1, 0.15) is 106 Å². The summed E-state index contributed by atoms with van der Waals surface area (Å²) in [4.78, 5) is 21.1. The maximum absolute atomic E-state index is 10.7. The standard InChI is InChI=1S/2C12H22O2/c1-9(10(13)14)7-12(5,6)8-11(2,3)4;1-3-4-5-6-7-8-9-10-11(2)12(13)14/h7H,8H2,1-6H3,(H,13,14);2-10H2,1H3,(H,13,14). The van der Waals surface area contributed by atoms with Crippen LogP contribution in [0.2, 0.25) is 0 Å². The van der Waals surface area contributed by atoms with Crippen LogP contribution < -0.4 is 0 Å². The summed E-state index contributed by atoms with van der Waals surface area (Å²) in [6.45, 7) is 18.0. The molecule has 0 aliphatic rings. The first-order valence-electron chi connectivity index (χ1n) is 10.6. The van der Waals surface area contributed by atoms with E-state index in [9.17, 15) is 9.59 Å². The minimum Gasteiger partial charge on any atom is -0.478 e. The van der Waals surface area contributed by atoms with Gasteiger partial charge in [0.2, 0.25) is 0 Å². The fraction of sp³-hybridized carbons (Fsp3) is 0.750. The second kappa shape index (κ2) is 14.4. The van der Waals surface area contributed by atoms with Crippen molar-refractivity contribution < 1.29 is 19.8 Å². The van der Waals surface area contributed by atoms with Gasteiger partial charge in [0.1, 0.15) is 0 Å². The molecule has 0 aliphatic heterocycles. The molecule has 2 N–H and O–H groups in total. The summed E-state index contributed by atoms with van der Waals surface area (Å²) in [6, 6.07) is 0. The summed E-state index contributed by atoms with van der Waals surface area (Å²) >= 11 is 0. The van der Waals surface area contributed by atoms with Crippen LogP contribution >= 0.6 is 0 Å². The Morgan fingerprint density at radius 1 is 0.857 bits per heavy atom. The zero-order valence-electron chi connectivity index (χ0n) is 19.4. The van der Waals surface area contributed by atoms with Crippen molar-refractivity contribution in [2.75, 3.05) is 0 Å². The molecule has 0 aromatic carbocycles. The molecule has 0 radical (unpaired) electrons. The van der Waals surface area contributed by atoms with Crippen molar-refractivity contribution in [2.24, 2.45) is 10.8 Å². The third-order valence-corrected chi connectivity index (χ3v) is 4.32. The van der Waals surface area contributed by atoms with Gasteiger partial charge in [0.05, 0.1) is 0 Å². The molecule has 0 saturated carbocycles. The molecule has 0 unspecified atom stereocenters. The topological polar surface area (TPSA) is 74.6 Å². The van der Waals surface area contributed by atoms with Gasteiger partial charge >= 0.3 is 11.9 Å². The highest BCUT2D eigenvalue weighted by Gasteiger charge is 2.24. The van der Waals surface area contributed by atoms with Crippen LogP contribution in [0.25, 0.3) is 0 Å². The van der Waals surface area contributed by atoms with Gasteiger partial charge in [0, 0.05) is 11.1 Å². The fourth-order valence-corrected chi connectivity index (χ4v) is 3.47. The highest BCUT2D eigenvalue weighted by molar-refractivity contribution is 5.86. The summed E-state index contributed by atoms with van der Waals surface area (Å²) in [5.74, 6) is -1.68. The van der Waals surface area contributed by atoms with Gasteiger partial charge in [-0.25, -0.2) is 9.59 Å². The SMILES string of the molecule is C=C(CCCCCCCCC)C(=O)O.CC(=CC(C)(C)CC(C)(C)C)C(=O)O. The third-order valence-electron chi connectivity index (χ3n) is 4.32. The molecule has 0 spiro atoms. The van der Waals surface area contributed by atoms with Crippen molar-refractivity contribution in [2.45, 2.75) is 106 Å². The maximum atomic E-state index is 10.7. The molecule has 0 bridgehead atoms. The molecule has 0 atom stereocenters. The average molecular weight is 397 g/mol. The monoisotopic (exact) mass is 396 g/mol. The Morgan fingerprint density at radius 2 is 1.32 bits per heavy atom. The molecule has 0 rings (SSSR count). The van der Waals surface area contributed by atoms with Crippen LogP contribution in [-0.4, -0.2) is 22.2 Å². The normalized spacial score (nSPS) is 12.2. The van der Waals surface area contributed by atoms with E-state index in [1.807, 2.05) is 6.08 Å². The quantitative estimate of drug-likeness (QED) is 0.269. The third kappa shape index (κ3) is 19.2. The summed E-state index contributed by atoms with van der Waals surface area (Å²) in [5.41, 5.74) is 0.942. The molecule has 164 valence electrons. The fourth-order valence-electron chi connectivity index (χ4n) is 3.47. The number of aliphatic carboxylic acids is 2. The Balaban J connectivity index is 0. The number of carboxylic acids is 2. The van der Waals surface area contributed by atoms with Crippen molar-refractivity contribution in [3.8, 4) is 0 Å². The predicted octanol–water partition coefficient (Wildman–Crippen LogP) is 7.25. The number of hydrogen-bond donors (Lipinski definition) is 2. The van der Waals surface area contributed by atoms with Crippen LogP contribution in [0.4, 0.5) is 0 Å². The number of rotatable bonds is 12. The smallest absolute Gasteiger partial charge is 0.330 e. The lowest BCUT2D eigenvalue weighted by molar-refractivity contribution is -0.133. The van der Waals surface area contributed by atoms with E-state index in [1.165, 1.54) is 32.1 Å². The van der Waals surface area contributed by atoms with Crippen molar-refractivity contribution >= 4 is 11.9 Å². The first-order chi connectivity index (χ1) is 12.7. The lowest BCUT2D eigenvalue weighted by Crippen LogP contribution is -2.19. The molecule has 0 aromatic rings. The highest BCUT2D eigenvalue weighted by Crippen LogP contribution is 2.34. The van der Waals surface area contributed by atoms with Gasteiger partial charge in [-0.1, -0.05) is 92.7 Å². The molecule has 0 fully saturated rings. The first kappa shape index (κ1) is 28.6. The van der Waals surface area contributed by atoms with Crippen LogP contribution in [0.5, 0.6) is 0 Å². The van der Waals surface area contributed by atoms with E-state index in [0.717, 1.165) is 19.3 Å². The predicted molar refractivity (Wildman–Crippen MR) is 119 cm³/mol. The summed E-state index contributed by atoms with van der Waals surface area (Å²) in [5, 5.41) is 17.3. The van der Waals surface area contributed by atoms with Gasteiger partial charge in [0.25, 0.3) is 0 Å². The molecule has 4 nitrogen and oxygen atoms in total. The largest absolute Gasteiger partial charge is 0.478 e. The van der Waals surface area contributed by atoms with E-state index in [0.29, 0.717) is 17.6 Å². The Bertz CT molecular complexity index is 507. The van der Waals surface area contributed by atoms with Crippen molar-refractivity contribution in [3.05, 3.63) is 23.8 Å². The van der Waals surface area contributed by atoms with E-state index in [2.05, 4.69) is 48.1 Å². The van der Waals surface area contributed by atoms with E-state index in [4.69, 9.17) is 10.2 Å². The van der Waals surface area contributed by atoms with Crippen molar-refractivity contribution in [1.82, 2.24) is 0 Å². The van der Waals surface area contributed by atoms with Gasteiger partial charge < -0.3 is 10.2 Å². The maximum Gasteiger partial charge on any atom is 0.330 e. The molecule has 0 aliphatic carbocycles. The highest BCUT2D eigenvalue weighted by atomic mass is 16.4. The number of allylic oxidation sites excluding steroid dienone is 1. The second-order valence-electron chi connectivity index (χ2n) is 9.64. The zero-order valence-corrected chi connectivity index (χ0v) is 19.4. The Labute approximate surface area is 173 Å². The van der Waals surface area contributed by atoms with Crippen molar-refractivity contribution in [1.29, 1.82) is 0 Å². The minimum atomic E-state index is -0.851. The van der Waals surface area contributed by atoms with Crippen LogP contribution in [-0.2, 0) is 9.59 Å². The van der Waals surface area contributed by atoms with Gasteiger partial charge in [0.15, 0.2) is 0 Å². The van der Waals surface area contributed by atoms with Crippen LogP contribution in [0.3, 0.4) is 0 Å². The molecule has 28 heavy (non-hydrogen) atoms. The number of carbonyl (C=O) groups is 2. The Hall–Kier alpha value is -1.58. The summed E-state index contributed by atoms with van der Waals surface area (Å²) < 4.78 is 0. The number of carboxylic acid groups (broad SMARTS) is 2. The van der Waals surface area contributed by atoms with Crippen molar-refractivity contribution in [3.63, 3.8) is 0 Å². The molecule has 4 heteroatoms. The van der Waals surface area contributed by atoms with Gasteiger partial charge in [-0.3, -0.25) is 0 Å². The number of hydrogen-bond acceptors (Lipinski definition) is 2. The van der Waals surface area contributed by atoms with Gasteiger partial charge in [-0.05, 0) is 37.0 Å². The Kier molecular flexibility index (Phi) is 14.7.